The Morgan fingerprint density at radius 1 is 1.44 bits per heavy atom. The predicted molar refractivity (Wildman–Crippen MR) is 65.5 cm³/mol. The molecular formula is C11H20N4O3. The van der Waals surface area contributed by atoms with E-state index in [4.69, 9.17) is 5.73 Å². The second-order valence-corrected chi connectivity index (χ2v) is 4.39. The van der Waals surface area contributed by atoms with E-state index in [-0.39, 0.29) is 36.9 Å². The summed E-state index contributed by atoms with van der Waals surface area (Å²) in [7, 11) is 0. The van der Waals surface area contributed by atoms with Crippen molar-refractivity contribution in [1.29, 1.82) is 0 Å². The fourth-order valence-corrected chi connectivity index (χ4v) is 1.85. The van der Waals surface area contributed by atoms with Crippen molar-refractivity contribution < 1.29 is 14.4 Å². The second kappa shape index (κ2) is 6.95. The van der Waals surface area contributed by atoms with Gasteiger partial charge in [0.2, 0.25) is 17.7 Å². The quantitative estimate of drug-likeness (QED) is 0.521. The summed E-state index contributed by atoms with van der Waals surface area (Å²) in [5.74, 6) is -0.518. The van der Waals surface area contributed by atoms with Crippen LogP contribution in [-0.2, 0) is 14.4 Å². The van der Waals surface area contributed by atoms with Crippen molar-refractivity contribution >= 4 is 17.7 Å². The van der Waals surface area contributed by atoms with Crippen LogP contribution in [0, 0.1) is 0 Å². The predicted octanol–water partition coefficient (Wildman–Crippen LogP) is -1.81. The van der Waals surface area contributed by atoms with Gasteiger partial charge in [0, 0.05) is 25.6 Å². The molecule has 3 amide bonds. The Hall–Kier alpha value is -1.63. The van der Waals surface area contributed by atoms with E-state index in [1.807, 2.05) is 6.92 Å². The number of carbonyl (C=O) groups excluding carboxylic acids is 3. The number of nitrogens with zero attached hydrogens (tertiary/aromatic N) is 1. The van der Waals surface area contributed by atoms with E-state index in [0.29, 0.717) is 13.0 Å². The number of amides is 3. The van der Waals surface area contributed by atoms with Gasteiger partial charge in [-0.1, -0.05) is 0 Å². The zero-order valence-electron chi connectivity index (χ0n) is 10.6. The molecule has 0 spiro atoms. The molecule has 0 bridgehead atoms. The standard InChI is InChI=1S/C11H20N4O3/c1-8(7-15-4-2-3-11(15)18)14-10(17)6-13-9(16)5-12/h8H,2-7,12H2,1H3,(H,13,16)(H,14,17). The maximum Gasteiger partial charge on any atom is 0.239 e. The van der Waals surface area contributed by atoms with Gasteiger partial charge in [-0.05, 0) is 13.3 Å². The summed E-state index contributed by atoms with van der Waals surface area (Å²) in [6.45, 7) is 2.87. The van der Waals surface area contributed by atoms with E-state index >= 15 is 0 Å². The SMILES string of the molecule is CC(CN1CCCC1=O)NC(=O)CNC(=O)CN. The topological polar surface area (TPSA) is 105 Å². The van der Waals surface area contributed by atoms with Crippen LogP contribution in [-0.4, -0.2) is 54.8 Å². The Kier molecular flexibility index (Phi) is 5.57. The van der Waals surface area contributed by atoms with Crippen LogP contribution in [0.4, 0.5) is 0 Å². The Morgan fingerprint density at radius 3 is 2.72 bits per heavy atom. The van der Waals surface area contributed by atoms with Crippen molar-refractivity contribution in [3.63, 3.8) is 0 Å². The van der Waals surface area contributed by atoms with Crippen molar-refractivity contribution in [2.24, 2.45) is 5.73 Å². The lowest BCUT2D eigenvalue weighted by atomic mass is 10.3. The molecule has 0 aromatic rings. The summed E-state index contributed by atoms with van der Waals surface area (Å²) in [6.07, 6.45) is 1.47. The molecule has 0 saturated carbocycles. The zero-order valence-corrected chi connectivity index (χ0v) is 10.6. The second-order valence-electron chi connectivity index (χ2n) is 4.39. The van der Waals surface area contributed by atoms with Crippen molar-refractivity contribution in [2.75, 3.05) is 26.2 Å². The molecule has 7 heteroatoms. The summed E-state index contributed by atoms with van der Waals surface area (Å²) >= 11 is 0. The van der Waals surface area contributed by atoms with Gasteiger partial charge in [0.05, 0.1) is 13.1 Å². The highest BCUT2D eigenvalue weighted by atomic mass is 16.2. The van der Waals surface area contributed by atoms with Gasteiger partial charge in [-0.15, -0.1) is 0 Å². The van der Waals surface area contributed by atoms with E-state index in [0.717, 1.165) is 13.0 Å². The number of hydrogen-bond donors (Lipinski definition) is 3. The van der Waals surface area contributed by atoms with Gasteiger partial charge in [0.1, 0.15) is 0 Å². The number of nitrogens with two attached hydrogens (primary N) is 1. The monoisotopic (exact) mass is 256 g/mol. The first-order valence-electron chi connectivity index (χ1n) is 6.07. The maximum absolute atomic E-state index is 11.5. The van der Waals surface area contributed by atoms with Crippen LogP contribution in [0.15, 0.2) is 0 Å². The number of hydrogen-bond acceptors (Lipinski definition) is 4. The first-order chi connectivity index (χ1) is 8.52. The van der Waals surface area contributed by atoms with Crippen LogP contribution in [0.25, 0.3) is 0 Å². The fraction of sp³-hybridized carbons (Fsp3) is 0.727. The molecular weight excluding hydrogens is 236 g/mol. The minimum atomic E-state index is -0.368. The van der Waals surface area contributed by atoms with Crippen LogP contribution in [0.5, 0.6) is 0 Å². The fourth-order valence-electron chi connectivity index (χ4n) is 1.85. The van der Waals surface area contributed by atoms with E-state index in [1.165, 1.54) is 0 Å². The third-order valence-corrected chi connectivity index (χ3v) is 2.70. The number of rotatable bonds is 6. The maximum atomic E-state index is 11.5. The van der Waals surface area contributed by atoms with Crippen LogP contribution in [0.1, 0.15) is 19.8 Å². The summed E-state index contributed by atoms with van der Waals surface area (Å²) in [4.78, 5) is 35.4. The summed E-state index contributed by atoms with van der Waals surface area (Å²) in [5, 5.41) is 5.10. The van der Waals surface area contributed by atoms with Gasteiger partial charge in [-0.25, -0.2) is 0 Å². The number of nitrogens with one attached hydrogen (secondary N) is 2. The average molecular weight is 256 g/mol. The average Bonchev–Trinajstić information content (AvgIpc) is 2.71. The van der Waals surface area contributed by atoms with Gasteiger partial charge in [0.25, 0.3) is 0 Å². The molecule has 1 aliphatic heterocycles. The molecule has 1 heterocycles. The largest absolute Gasteiger partial charge is 0.350 e. The molecule has 0 aliphatic carbocycles. The van der Waals surface area contributed by atoms with Crippen LogP contribution >= 0.6 is 0 Å². The van der Waals surface area contributed by atoms with Gasteiger partial charge in [0.15, 0.2) is 0 Å². The van der Waals surface area contributed by atoms with Crippen molar-refractivity contribution in [3.05, 3.63) is 0 Å². The minimum absolute atomic E-state index is 0.0890. The molecule has 0 radical (unpaired) electrons. The molecule has 4 N–H and O–H groups in total. The molecule has 0 aromatic heterocycles. The van der Waals surface area contributed by atoms with E-state index in [1.54, 1.807) is 4.90 Å². The highest BCUT2D eigenvalue weighted by molar-refractivity contribution is 5.85. The normalized spacial score (nSPS) is 16.6. The Balaban J connectivity index is 2.22. The van der Waals surface area contributed by atoms with Crippen LogP contribution in [0.3, 0.4) is 0 Å². The molecule has 1 unspecified atom stereocenters. The zero-order chi connectivity index (χ0) is 13.5. The van der Waals surface area contributed by atoms with E-state index in [2.05, 4.69) is 10.6 Å². The van der Waals surface area contributed by atoms with Crippen LogP contribution in [0.2, 0.25) is 0 Å². The molecule has 1 rings (SSSR count). The Bertz CT molecular complexity index is 332. The van der Waals surface area contributed by atoms with Gasteiger partial charge in [-0.3, -0.25) is 14.4 Å². The van der Waals surface area contributed by atoms with E-state index in [9.17, 15) is 14.4 Å². The van der Waals surface area contributed by atoms with E-state index < -0.39 is 0 Å². The number of likely N-dealkylation sites (tertiary alicyclic amines) is 1. The molecule has 7 nitrogen and oxygen atoms in total. The molecule has 102 valence electrons. The summed E-state index contributed by atoms with van der Waals surface area (Å²) in [6, 6.07) is -0.130. The Morgan fingerprint density at radius 2 is 2.17 bits per heavy atom. The lowest BCUT2D eigenvalue weighted by Gasteiger charge is -2.21. The first kappa shape index (κ1) is 14.4. The first-order valence-corrected chi connectivity index (χ1v) is 6.07. The smallest absolute Gasteiger partial charge is 0.239 e. The third-order valence-electron chi connectivity index (χ3n) is 2.70. The van der Waals surface area contributed by atoms with Crippen molar-refractivity contribution in [3.8, 4) is 0 Å². The Labute approximate surface area is 106 Å². The van der Waals surface area contributed by atoms with Crippen molar-refractivity contribution in [2.45, 2.75) is 25.8 Å². The molecule has 0 aromatic carbocycles. The molecule has 1 atom stereocenters. The lowest BCUT2D eigenvalue weighted by Crippen LogP contribution is -2.46. The molecule has 1 saturated heterocycles. The van der Waals surface area contributed by atoms with Gasteiger partial charge in [-0.2, -0.15) is 0 Å². The minimum Gasteiger partial charge on any atom is -0.350 e. The lowest BCUT2D eigenvalue weighted by molar-refractivity contribution is -0.129. The number of carbonyl (C=O) groups is 3. The van der Waals surface area contributed by atoms with Crippen molar-refractivity contribution in [1.82, 2.24) is 15.5 Å². The third kappa shape index (κ3) is 4.70. The molecule has 18 heavy (non-hydrogen) atoms. The van der Waals surface area contributed by atoms with Gasteiger partial charge < -0.3 is 21.3 Å². The summed E-state index contributed by atoms with van der Waals surface area (Å²) in [5.41, 5.74) is 5.10. The highest BCUT2D eigenvalue weighted by Crippen LogP contribution is 2.09. The molecule has 1 fully saturated rings. The summed E-state index contributed by atoms with van der Waals surface area (Å²) < 4.78 is 0. The highest BCUT2D eigenvalue weighted by Gasteiger charge is 2.22. The van der Waals surface area contributed by atoms with Crippen LogP contribution < -0.4 is 16.4 Å². The van der Waals surface area contributed by atoms with Gasteiger partial charge >= 0.3 is 0 Å². The molecule has 1 aliphatic rings.